The summed E-state index contributed by atoms with van der Waals surface area (Å²) in [5, 5.41) is 6.68. The van der Waals surface area contributed by atoms with E-state index in [4.69, 9.17) is 4.42 Å². The molecule has 0 bridgehead atoms. The fourth-order valence-electron chi connectivity index (χ4n) is 2.50. The molecule has 1 N–H and O–H groups in total. The number of furan rings is 1. The molecule has 8 heteroatoms. The molecule has 0 aromatic carbocycles. The quantitative estimate of drug-likeness (QED) is 0.645. The summed E-state index contributed by atoms with van der Waals surface area (Å²) >= 11 is 2.70. The summed E-state index contributed by atoms with van der Waals surface area (Å²) in [7, 11) is 0. The number of rotatable bonds is 5. The molecule has 3 heterocycles. The first-order chi connectivity index (χ1) is 13.2. The van der Waals surface area contributed by atoms with E-state index in [2.05, 4.69) is 5.32 Å². The Kier molecular flexibility index (Phi) is 5.81. The van der Waals surface area contributed by atoms with Crippen LogP contribution in [0.5, 0.6) is 0 Å². The first-order valence-corrected chi connectivity index (χ1v) is 10.3. The highest BCUT2D eigenvalue weighted by atomic mass is 32.1. The van der Waals surface area contributed by atoms with E-state index in [9.17, 15) is 14.4 Å². The molecule has 3 rings (SSSR count). The van der Waals surface area contributed by atoms with Gasteiger partial charge in [0.2, 0.25) is 11.7 Å². The molecule has 0 saturated carbocycles. The minimum atomic E-state index is -0.420. The lowest BCUT2D eigenvalue weighted by molar-refractivity contribution is -0.123. The van der Waals surface area contributed by atoms with Crippen LogP contribution in [0.25, 0.3) is 12.2 Å². The summed E-state index contributed by atoms with van der Waals surface area (Å²) in [6.45, 7) is 5.43. The van der Waals surface area contributed by atoms with E-state index in [1.807, 2.05) is 37.6 Å². The molecule has 0 aliphatic carbocycles. The number of nitrogens with zero attached hydrogens (tertiary/aromatic N) is 1. The molecule has 0 atom stereocenters. The molecule has 0 aliphatic rings. The number of nitrogens with one attached hydrogen (secondary N) is 1. The standard InChI is InChI=1S/C20H20N2O4S2/c1-20(2,3)21-17(24)11-22-18(10-14(23)15-5-4-7-26-15)28-16(19(22)25)9-13-6-8-27-12-13/h4-10,12H,11H2,1-3H3,(H,21,24)/b16-9+,18-10-. The number of ketones is 1. The smallest absolute Gasteiger partial charge is 0.269 e. The van der Waals surface area contributed by atoms with Crippen LogP contribution >= 0.6 is 22.7 Å². The van der Waals surface area contributed by atoms with Crippen LogP contribution < -0.4 is 20.1 Å². The number of Topliss-reactive ketones (excluding diaryl/α,β-unsaturated/α-hetero) is 1. The van der Waals surface area contributed by atoms with Gasteiger partial charge in [0, 0.05) is 11.6 Å². The van der Waals surface area contributed by atoms with Gasteiger partial charge >= 0.3 is 0 Å². The van der Waals surface area contributed by atoms with E-state index in [1.54, 1.807) is 18.2 Å². The maximum Gasteiger partial charge on any atom is 0.269 e. The number of amides is 1. The lowest BCUT2D eigenvalue weighted by Gasteiger charge is -2.20. The van der Waals surface area contributed by atoms with Gasteiger partial charge in [-0.15, -0.1) is 11.3 Å². The molecule has 146 valence electrons. The van der Waals surface area contributed by atoms with Crippen LogP contribution in [0.15, 0.2) is 44.4 Å². The third-order valence-corrected chi connectivity index (χ3v) is 5.37. The van der Waals surface area contributed by atoms with Crippen LogP contribution in [-0.4, -0.2) is 21.8 Å². The molecule has 3 aromatic rings. The van der Waals surface area contributed by atoms with Crippen LogP contribution in [-0.2, 0) is 11.3 Å². The summed E-state index contributed by atoms with van der Waals surface area (Å²) in [4.78, 5) is 37.7. The first kappa shape index (κ1) is 20.0. The van der Waals surface area contributed by atoms with Gasteiger partial charge in [0.1, 0.15) is 11.2 Å². The zero-order valence-electron chi connectivity index (χ0n) is 15.7. The molecule has 6 nitrogen and oxygen atoms in total. The Morgan fingerprint density at radius 1 is 1.29 bits per heavy atom. The number of carbonyl (C=O) groups is 2. The van der Waals surface area contributed by atoms with Crippen LogP contribution in [0, 0.1) is 0 Å². The predicted molar refractivity (Wildman–Crippen MR) is 111 cm³/mol. The molecule has 28 heavy (non-hydrogen) atoms. The molecule has 0 aliphatic heterocycles. The maximum atomic E-state index is 12.9. The van der Waals surface area contributed by atoms with Gasteiger partial charge in [-0.05, 0) is 61.4 Å². The van der Waals surface area contributed by atoms with Gasteiger partial charge in [-0.3, -0.25) is 19.0 Å². The van der Waals surface area contributed by atoms with Crippen LogP contribution in [0.4, 0.5) is 0 Å². The van der Waals surface area contributed by atoms with Crippen molar-refractivity contribution in [2.45, 2.75) is 32.9 Å². The average molecular weight is 417 g/mol. The largest absolute Gasteiger partial charge is 0.461 e. The van der Waals surface area contributed by atoms with Gasteiger partial charge in [-0.2, -0.15) is 11.3 Å². The summed E-state index contributed by atoms with van der Waals surface area (Å²) < 4.78 is 7.31. The van der Waals surface area contributed by atoms with Crippen molar-refractivity contribution in [1.82, 2.24) is 9.88 Å². The van der Waals surface area contributed by atoms with E-state index in [-0.39, 0.29) is 29.6 Å². The van der Waals surface area contributed by atoms with E-state index < -0.39 is 5.54 Å². The van der Waals surface area contributed by atoms with Gasteiger partial charge in [0.15, 0.2) is 5.76 Å². The van der Waals surface area contributed by atoms with Crippen molar-refractivity contribution in [2.75, 3.05) is 0 Å². The van der Waals surface area contributed by atoms with Gasteiger partial charge in [0.25, 0.3) is 5.56 Å². The van der Waals surface area contributed by atoms with E-state index in [0.29, 0.717) is 9.20 Å². The van der Waals surface area contributed by atoms with Gasteiger partial charge in [-0.1, -0.05) is 0 Å². The third-order valence-electron chi connectivity index (χ3n) is 3.61. The van der Waals surface area contributed by atoms with Gasteiger partial charge in [0.05, 0.1) is 10.8 Å². The van der Waals surface area contributed by atoms with Crippen molar-refractivity contribution in [3.05, 3.63) is 66.1 Å². The van der Waals surface area contributed by atoms with E-state index >= 15 is 0 Å². The number of hydrogen-bond donors (Lipinski definition) is 1. The fourth-order valence-corrected chi connectivity index (χ4v) is 4.16. The number of aromatic nitrogens is 1. The number of carbonyl (C=O) groups excluding carboxylic acids is 2. The van der Waals surface area contributed by atoms with Crippen LogP contribution in [0.1, 0.15) is 36.9 Å². The molecule has 3 aromatic heterocycles. The normalized spacial score (nSPS) is 13.1. The second-order valence-corrected chi connectivity index (χ2v) is 9.02. The Labute approximate surface area is 169 Å². The van der Waals surface area contributed by atoms with Gasteiger partial charge in [-0.25, -0.2) is 0 Å². The molecule has 0 radical (unpaired) electrons. The molecular formula is C20H20N2O4S2. The lowest BCUT2D eigenvalue weighted by Crippen LogP contribution is -2.45. The Balaban J connectivity index is 2.07. The van der Waals surface area contributed by atoms with E-state index in [1.165, 1.54) is 39.6 Å². The number of thiophene rings is 1. The highest BCUT2D eigenvalue weighted by Gasteiger charge is 2.17. The molecule has 0 saturated heterocycles. The zero-order chi connectivity index (χ0) is 20.3. The Morgan fingerprint density at radius 2 is 2.07 bits per heavy atom. The summed E-state index contributed by atoms with van der Waals surface area (Å²) in [5.74, 6) is -0.484. The second kappa shape index (κ2) is 8.12. The summed E-state index contributed by atoms with van der Waals surface area (Å²) in [5.41, 5.74) is 0.174. The first-order valence-electron chi connectivity index (χ1n) is 8.57. The molecule has 0 spiro atoms. The number of thiazole rings is 1. The van der Waals surface area contributed by atoms with Crippen molar-refractivity contribution in [2.24, 2.45) is 0 Å². The molecule has 1 amide bonds. The molecular weight excluding hydrogens is 396 g/mol. The van der Waals surface area contributed by atoms with E-state index in [0.717, 1.165) is 5.56 Å². The van der Waals surface area contributed by atoms with Crippen molar-refractivity contribution >= 4 is 46.5 Å². The average Bonchev–Trinajstić information content (AvgIpc) is 3.33. The molecule has 0 unspecified atom stereocenters. The monoisotopic (exact) mass is 416 g/mol. The Morgan fingerprint density at radius 3 is 2.68 bits per heavy atom. The summed E-state index contributed by atoms with van der Waals surface area (Å²) in [6, 6.07) is 5.08. The SMILES string of the molecule is CC(C)(C)NC(=O)Cn1c(=O)/c(=C\c2ccsc2)s/c1=C\C(=O)c1ccco1. The van der Waals surface area contributed by atoms with Gasteiger partial charge < -0.3 is 9.73 Å². The predicted octanol–water partition coefficient (Wildman–Crippen LogP) is 1.97. The molecule has 0 fully saturated rings. The van der Waals surface area contributed by atoms with Crippen molar-refractivity contribution in [1.29, 1.82) is 0 Å². The Bertz CT molecular complexity index is 1140. The van der Waals surface area contributed by atoms with Crippen molar-refractivity contribution in [3.8, 4) is 0 Å². The highest BCUT2D eigenvalue weighted by molar-refractivity contribution is 7.08. The fraction of sp³-hybridized carbons (Fsp3) is 0.250. The number of hydrogen-bond acceptors (Lipinski definition) is 6. The van der Waals surface area contributed by atoms with Crippen LogP contribution in [0.2, 0.25) is 0 Å². The van der Waals surface area contributed by atoms with Crippen molar-refractivity contribution in [3.63, 3.8) is 0 Å². The highest BCUT2D eigenvalue weighted by Crippen LogP contribution is 2.06. The maximum absolute atomic E-state index is 12.9. The minimum absolute atomic E-state index is 0.165. The Hall–Kier alpha value is -2.71. The van der Waals surface area contributed by atoms with Crippen molar-refractivity contribution < 1.29 is 14.0 Å². The zero-order valence-corrected chi connectivity index (χ0v) is 17.4. The van der Waals surface area contributed by atoms with Crippen LogP contribution in [0.3, 0.4) is 0 Å². The second-order valence-electron chi connectivity index (χ2n) is 7.18. The minimum Gasteiger partial charge on any atom is -0.461 e. The topological polar surface area (TPSA) is 81.3 Å². The lowest BCUT2D eigenvalue weighted by atomic mass is 10.1. The summed E-state index contributed by atoms with van der Waals surface area (Å²) in [6.07, 6.45) is 4.51. The third kappa shape index (κ3) is 4.96.